The first kappa shape index (κ1) is 20.2. The van der Waals surface area contributed by atoms with Gasteiger partial charge in [0.1, 0.15) is 11.5 Å². The maximum absolute atomic E-state index is 12.8. The second-order valence-electron chi connectivity index (χ2n) is 6.22. The molecule has 0 bridgehead atoms. The molecule has 150 valence electrons. The third-order valence-electron chi connectivity index (χ3n) is 4.17. The lowest BCUT2D eigenvalue weighted by molar-refractivity contribution is -0.121. The number of halogens is 1. The van der Waals surface area contributed by atoms with Gasteiger partial charge in [0.15, 0.2) is 4.32 Å². The number of thioether (sulfide) groups is 1. The van der Waals surface area contributed by atoms with E-state index in [9.17, 15) is 9.59 Å². The van der Waals surface area contributed by atoms with E-state index in [4.69, 9.17) is 33.3 Å². The van der Waals surface area contributed by atoms with Crippen molar-refractivity contribution in [1.29, 1.82) is 0 Å². The van der Waals surface area contributed by atoms with Gasteiger partial charge in [-0.05, 0) is 66.8 Å². The van der Waals surface area contributed by atoms with Gasteiger partial charge in [0.05, 0.1) is 16.2 Å². The summed E-state index contributed by atoms with van der Waals surface area (Å²) in [5.74, 6) is -0.251. The molecule has 6 nitrogen and oxygen atoms in total. The van der Waals surface area contributed by atoms with E-state index < -0.39 is 5.97 Å². The number of nitrogens with one attached hydrogen (secondary N) is 1. The molecule has 2 N–H and O–H groups in total. The number of anilines is 1. The highest BCUT2D eigenvalue weighted by atomic mass is 35.5. The normalized spacial score (nSPS) is 15.1. The molecule has 2 heterocycles. The molecular weight excluding hydrogens is 444 g/mol. The number of benzene rings is 2. The number of carbonyl (C=O) groups excluding carboxylic acids is 1. The monoisotopic (exact) mass is 456 g/mol. The Bertz CT molecular complexity index is 1190. The third kappa shape index (κ3) is 4.25. The van der Waals surface area contributed by atoms with Gasteiger partial charge < -0.3 is 9.52 Å². The molecule has 1 aliphatic heterocycles. The van der Waals surface area contributed by atoms with Gasteiger partial charge in [-0.3, -0.25) is 10.2 Å². The Morgan fingerprint density at radius 1 is 1.17 bits per heavy atom. The molecule has 9 heteroatoms. The van der Waals surface area contributed by atoms with Crippen molar-refractivity contribution in [2.24, 2.45) is 0 Å². The number of carboxylic acids is 1. The van der Waals surface area contributed by atoms with Crippen LogP contribution >= 0.6 is 35.6 Å². The van der Waals surface area contributed by atoms with Crippen LogP contribution in [0, 0.1) is 0 Å². The summed E-state index contributed by atoms with van der Waals surface area (Å²) in [5.41, 5.74) is 4.27. The zero-order valence-electron chi connectivity index (χ0n) is 15.2. The standard InChI is InChI=1S/C21H13ClN2O4S2/c22-14-6-4-12(5-7-14)17-9-8-16(28-17)11-18-19(25)24(21(29)30-18)23-15-3-1-2-13(10-15)20(26)27/h1-11,23H,(H,26,27). The number of nitrogens with zero attached hydrogens (tertiary/aromatic N) is 1. The van der Waals surface area contributed by atoms with Crippen LogP contribution in [0.4, 0.5) is 5.69 Å². The second-order valence-corrected chi connectivity index (χ2v) is 8.34. The smallest absolute Gasteiger partial charge is 0.335 e. The number of carboxylic acid groups (broad SMARTS) is 1. The Morgan fingerprint density at radius 2 is 1.93 bits per heavy atom. The highest BCUT2D eigenvalue weighted by Gasteiger charge is 2.33. The summed E-state index contributed by atoms with van der Waals surface area (Å²) in [5, 5.41) is 11.0. The van der Waals surface area contributed by atoms with Crippen LogP contribution < -0.4 is 5.43 Å². The Balaban J connectivity index is 1.52. The molecule has 0 unspecified atom stereocenters. The number of carbonyl (C=O) groups is 2. The van der Waals surface area contributed by atoms with Crippen molar-refractivity contribution in [3.8, 4) is 11.3 Å². The summed E-state index contributed by atoms with van der Waals surface area (Å²) in [6.45, 7) is 0. The molecule has 2 aromatic carbocycles. The van der Waals surface area contributed by atoms with Crippen molar-refractivity contribution in [1.82, 2.24) is 5.01 Å². The van der Waals surface area contributed by atoms with Crippen molar-refractivity contribution in [3.63, 3.8) is 0 Å². The molecule has 4 rings (SSSR count). The lowest BCUT2D eigenvalue weighted by atomic mass is 10.2. The number of hydrogen-bond donors (Lipinski definition) is 2. The Hall–Kier alpha value is -3.07. The molecule has 3 aromatic rings. The summed E-state index contributed by atoms with van der Waals surface area (Å²) in [6, 6.07) is 16.9. The number of furan rings is 1. The van der Waals surface area contributed by atoms with Crippen LogP contribution in [0.2, 0.25) is 5.02 Å². The molecule has 0 radical (unpaired) electrons. The summed E-state index contributed by atoms with van der Waals surface area (Å²) < 4.78 is 6.12. The summed E-state index contributed by atoms with van der Waals surface area (Å²) in [4.78, 5) is 24.3. The van der Waals surface area contributed by atoms with Crippen LogP contribution in [0.3, 0.4) is 0 Å². The first-order chi connectivity index (χ1) is 14.4. The summed E-state index contributed by atoms with van der Waals surface area (Å²) in [7, 11) is 0. The maximum atomic E-state index is 12.8. The Labute approximate surface area is 186 Å². The number of hydrogen-bond acceptors (Lipinski definition) is 6. The van der Waals surface area contributed by atoms with Gasteiger partial charge in [-0.2, -0.15) is 0 Å². The van der Waals surface area contributed by atoms with E-state index in [0.29, 0.717) is 31.5 Å². The van der Waals surface area contributed by atoms with E-state index in [1.165, 1.54) is 17.1 Å². The maximum Gasteiger partial charge on any atom is 0.335 e. The predicted molar refractivity (Wildman–Crippen MR) is 121 cm³/mol. The molecule has 0 aliphatic carbocycles. The molecule has 1 aromatic heterocycles. The fourth-order valence-corrected chi connectivity index (χ4v) is 4.03. The van der Waals surface area contributed by atoms with Crippen molar-refractivity contribution < 1.29 is 19.1 Å². The Kier molecular flexibility index (Phi) is 5.63. The zero-order valence-corrected chi connectivity index (χ0v) is 17.6. The molecule has 1 fully saturated rings. The Morgan fingerprint density at radius 3 is 2.67 bits per heavy atom. The van der Waals surface area contributed by atoms with Crippen molar-refractivity contribution >= 4 is 63.5 Å². The van der Waals surface area contributed by atoms with Gasteiger partial charge in [0, 0.05) is 16.7 Å². The molecule has 0 saturated carbocycles. The van der Waals surface area contributed by atoms with E-state index in [-0.39, 0.29) is 11.5 Å². The van der Waals surface area contributed by atoms with Gasteiger partial charge in [0.2, 0.25) is 0 Å². The average molecular weight is 457 g/mol. The van der Waals surface area contributed by atoms with Crippen LogP contribution in [0.5, 0.6) is 0 Å². The van der Waals surface area contributed by atoms with Crippen molar-refractivity contribution in [3.05, 3.63) is 81.9 Å². The molecule has 30 heavy (non-hydrogen) atoms. The van der Waals surface area contributed by atoms with Crippen molar-refractivity contribution in [2.75, 3.05) is 5.43 Å². The SMILES string of the molecule is O=C(O)c1cccc(NN2C(=O)C(=Cc3ccc(-c4ccc(Cl)cc4)o3)SC2=S)c1. The van der Waals surface area contributed by atoms with E-state index in [0.717, 1.165) is 17.3 Å². The molecular formula is C21H13ClN2O4S2. The molecule has 1 saturated heterocycles. The van der Waals surface area contributed by atoms with Gasteiger partial charge >= 0.3 is 5.97 Å². The topological polar surface area (TPSA) is 82.8 Å². The molecule has 0 atom stereocenters. The lowest BCUT2D eigenvalue weighted by Crippen LogP contribution is -2.33. The minimum Gasteiger partial charge on any atom is -0.478 e. The quantitative estimate of drug-likeness (QED) is 0.386. The number of rotatable bonds is 5. The lowest BCUT2D eigenvalue weighted by Gasteiger charge is -2.17. The average Bonchev–Trinajstić information content (AvgIpc) is 3.29. The van der Waals surface area contributed by atoms with Gasteiger partial charge in [-0.15, -0.1) is 0 Å². The summed E-state index contributed by atoms with van der Waals surface area (Å²) >= 11 is 12.3. The molecule has 0 spiro atoms. The van der Waals surface area contributed by atoms with Gasteiger partial charge in [-0.1, -0.05) is 29.4 Å². The van der Waals surface area contributed by atoms with Crippen LogP contribution in [0.25, 0.3) is 17.4 Å². The highest BCUT2D eigenvalue weighted by molar-refractivity contribution is 8.26. The number of hydrazine groups is 1. The zero-order chi connectivity index (χ0) is 21.3. The first-order valence-corrected chi connectivity index (χ1v) is 10.2. The predicted octanol–water partition coefficient (Wildman–Crippen LogP) is 5.53. The third-order valence-corrected chi connectivity index (χ3v) is 5.73. The van der Waals surface area contributed by atoms with Crippen LogP contribution in [-0.4, -0.2) is 26.3 Å². The number of amides is 1. The number of thiocarbonyl (C=S) groups is 1. The van der Waals surface area contributed by atoms with Gasteiger partial charge in [0.25, 0.3) is 5.91 Å². The van der Waals surface area contributed by atoms with Crippen LogP contribution in [0.15, 0.2) is 70.0 Å². The molecule has 1 aliphatic rings. The first-order valence-electron chi connectivity index (χ1n) is 8.64. The number of aromatic carboxylic acids is 1. The van der Waals surface area contributed by atoms with Crippen LogP contribution in [-0.2, 0) is 4.79 Å². The highest BCUT2D eigenvalue weighted by Crippen LogP contribution is 2.34. The van der Waals surface area contributed by atoms with Crippen LogP contribution in [0.1, 0.15) is 16.1 Å². The van der Waals surface area contributed by atoms with Gasteiger partial charge in [-0.25, -0.2) is 9.80 Å². The van der Waals surface area contributed by atoms with E-state index in [2.05, 4.69) is 5.43 Å². The fourth-order valence-electron chi connectivity index (χ4n) is 2.74. The minimum absolute atomic E-state index is 0.103. The fraction of sp³-hybridized carbons (Fsp3) is 0. The largest absolute Gasteiger partial charge is 0.478 e. The van der Waals surface area contributed by atoms with E-state index in [1.54, 1.807) is 36.4 Å². The minimum atomic E-state index is -1.06. The summed E-state index contributed by atoms with van der Waals surface area (Å²) in [6.07, 6.45) is 1.62. The second kappa shape index (κ2) is 8.35. The van der Waals surface area contributed by atoms with Crippen molar-refractivity contribution in [2.45, 2.75) is 0 Å². The van der Waals surface area contributed by atoms with E-state index >= 15 is 0 Å². The van der Waals surface area contributed by atoms with E-state index in [1.807, 2.05) is 18.2 Å². The molecule has 1 amide bonds.